The molecule has 1 aliphatic heterocycles. The minimum absolute atomic E-state index is 0.206. The molecule has 6 nitrogen and oxygen atoms in total. The van der Waals surface area contributed by atoms with Crippen LogP contribution in [0.3, 0.4) is 0 Å². The fraction of sp³-hybridized carbons (Fsp3) is 0.571. The fourth-order valence-electron chi connectivity index (χ4n) is 2.49. The first kappa shape index (κ1) is 15.7. The minimum Gasteiger partial charge on any atom is -0.381 e. The van der Waals surface area contributed by atoms with Crippen molar-refractivity contribution in [2.24, 2.45) is 0 Å². The third kappa shape index (κ3) is 3.59. The molecule has 1 amide bonds. The van der Waals surface area contributed by atoms with Crippen LogP contribution in [0.25, 0.3) is 0 Å². The van der Waals surface area contributed by atoms with Crippen LogP contribution in [0.1, 0.15) is 47.7 Å². The van der Waals surface area contributed by atoms with E-state index in [4.69, 9.17) is 16.3 Å². The van der Waals surface area contributed by atoms with Crippen molar-refractivity contribution in [3.05, 3.63) is 28.5 Å². The highest BCUT2D eigenvalue weighted by Crippen LogP contribution is 2.39. The van der Waals surface area contributed by atoms with Crippen molar-refractivity contribution < 1.29 is 17.9 Å². The van der Waals surface area contributed by atoms with E-state index in [1.165, 1.54) is 6.07 Å². The summed E-state index contributed by atoms with van der Waals surface area (Å²) in [4.78, 5) is 16.4. The first-order valence-corrected chi connectivity index (χ1v) is 9.19. The number of nitrogens with zero attached hydrogens (tertiary/aromatic N) is 1. The largest absolute Gasteiger partial charge is 0.381 e. The maximum atomic E-state index is 12.2. The number of carbonyl (C=O) groups excluding carboxylic acids is 1. The van der Waals surface area contributed by atoms with Crippen molar-refractivity contribution in [1.82, 2.24) is 9.71 Å². The lowest BCUT2D eigenvalue weighted by molar-refractivity contribution is 0.0950. The molecule has 1 N–H and O–H groups in total. The second-order valence-corrected chi connectivity index (χ2v) is 8.01. The van der Waals surface area contributed by atoms with Gasteiger partial charge in [-0.25, -0.2) is 18.1 Å². The predicted octanol–water partition coefficient (Wildman–Crippen LogP) is 1.85. The summed E-state index contributed by atoms with van der Waals surface area (Å²) in [7, 11) is -3.70. The van der Waals surface area contributed by atoms with Crippen LogP contribution in [-0.2, 0) is 14.8 Å². The SMILES string of the molecule is O=C(NS(=O)(=O)C1CCOCC1)c1cc(Cl)nc(C2CC2)c1. The standard InChI is InChI=1S/C14H17ClN2O4S/c15-13-8-10(7-12(16-13)9-1-2-9)14(18)17-22(19,20)11-3-5-21-6-4-11/h7-9,11H,1-6H2,(H,17,18). The topological polar surface area (TPSA) is 85.4 Å². The number of nitrogens with one attached hydrogen (secondary N) is 1. The zero-order valence-corrected chi connectivity index (χ0v) is 13.5. The number of halogens is 1. The quantitative estimate of drug-likeness (QED) is 0.842. The van der Waals surface area contributed by atoms with Crippen molar-refractivity contribution in [3.63, 3.8) is 0 Å². The van der Waals surface area contributed by atoms with Crippen LogP contribution >= 0.6 is 11.6 Å². The Labute approximate surface area is 134 Å². The number of aromatic nitrogens is 1. The van der Waals surface area contributed by atoms with Gasteiger partial charge in [0.1, 0.15) is 5.15 Å². The smallest absolute Gasteiger partial charge is 0.264 e. The molecule has 1 saturated carbocycles. The van der Waals surface area contributed by atoms with E-state index in [9.17, 15) is 13.2 Å². The summed E-state index contributed by atoms with van der Waals surface area (Å²) in [5, 5.41) is -0.386. The molecule has 120 valence electrons. The molecular weight excluding hydrogens is 328 g/mol. The van der Waals surface area contributed by atoms with Gasteiger partial charge in [-0.3, -0.25) is 4.79 Å². The number of ether oxygens (including phenoxy) is 1. The van der Waals surface area contributed by atoms with E-state index in [0.717, 1.165) is 18.5 Å². The molecule has 0 atom stereocenters. The Morgan fingerprint density at radius 2 is 1.91 bits per heavy atom. The lowest BCUT2D eigenvalue weighted by atomic mass is 10.2. The third-order valence-electron chi connectivity index (χ3n) is 3.91. The summed E-state index contributed by atoms with van der Waals surface area (Å²) in [5.74, 6) is -0.324. The molecule has 22 heavy (non-hydrogen) atoms. The molecule has 0 unspecified atom stereocenters. The lowest BCUT2D eigenvalue weighted by Crippen LogP contribution is -2.41. The molecule has 0 aromatic carbocycles. The molecule has 1 aromatic rings. The van der Waals surface area contributed by atoms with Crippen LogP contribution in [0.5, 0.6) is 0 Å². The molecule has 0 radical (unpaired) electrons. The highest BCUT2D eigenvalue weighted by atomic mass is 35.5. The Morgan fingerprint density at radius 1 is 1.23 bits per heavy atom. The van der Waals surface area contributed by atoms with Crippen molar-refractivity contribution in [3.8, 4) is 0 Å². The van der Waals surface area contributed by atoms with Crippen LogP contribution in [-0.4, -0.2) is 37.8 Å². The molecule has 1 saturated heterocycles. The van der Waals surface area contributed by atoms with Gasteiger partial charge in [0.05, 0.1) is 5.25 Å². The van der Waals surface area contributed by atoms with Gasteiger partial charge in [-0.15, -0.1) is 0 Å². The molecular formula is C14H17ClN2O4S. The van der Waals surface area contributed by atoms with Crippen molar-refractivity contribution in [2.75, 3.05) is 13.2 Å². The number of hydrogen-bond donors (Lipinski definition) is 1. The van der Waals surface area contributed by atoms with E-state index in [1.807, 2.05) is 0 Å². The summed E-state index contributed by atoms with van der Waals surface area (Å²) in [6.07, 6.45) is 2.84. The Bertz CT molecular complexity index is 682. The van der Waals surface area contributed by atoms with Crippen LogP contribution < -0.4 is 4.72 Å². The number of hydrogen-bond acceptors (Lipinski definition) is 5. The number of rotatable bonds is 4. The zero-order chi connectivity index (χ0) is 15.7. The minimum atomic E-state index is -3.70. The normalized spacial score (nSPS) is 19.9. The molecule has 2 heterocycles. The molecule has 2 fully saturated rings. The average molecular weight is 345 g/mol. The maximum absolute atomic E-state index is 12.2. The van der Waals surface area contributed by atoms with Gasteiger partial charge >= 0.3 is 0 Å². The van der Waals surface area contributed by atoms with Gasteiger partial charge in [0, 0.05) is 30.4 Å². The Balaban J connectivity index is 1.76. The summed E-state index contributed by atoms with van der Waals surface area (Å²) < 4.78 is 31.8. The van der Waals surface area contributed by atoms with Gasteiger partial charge in [-0.1, -0.05) is 11.6 Å². The fourth-order valence-corrected chi connectivity index (χ4v) is 4.07. The molecule has 8 heteroatoms. The number of amides is 1. The third-order valence-corrected chi connectivity index (χ3v) is 5.93. The van der Waals surface area contributed by atoms with Crippen LogP contribution in [0, 0.1) is 0 Å². The maximum Gasteiger partial charge on any atom is 0.264 e. The monoisotopic (exact) mass is 344 g/mol. The van der Waals surface area contributed by atoms with E-state index in [2.05, 4.69) is 9.71 Å². The molecule has 3 rings (SSSR count). The van der Waals surface area contributed by atoms with Crippen LogP contribution in [0.15, 0.2) is 12.1 Å². The Morgan fingerprint density at radius 3 is 2.55 bits per heavy atom. The second kappa shape index (κ2) is 6.14. The van der Waals surface area contributed by atoms with E-state index in [1.54, 1.807) is 6.07 Å². The molecule has 0 spiro atoms. The van der Waals surface area contributed by atoms with E-state index in [0.29, 0.717) is 32.0 Å². The second-order valence-electron chi connectivity index (χ2n) is 5.67. The summed E-state index contributed by atoms with van der Waals surface area (Å²) in [6.45, 7) is 0.791. The molecule has 2 aliphatic rings. The van der Waals surface area contributed by atoms with E-state index in [-0.39, 0.29) is 10.7 Å². The lowest BCUT2D eigenvalue weighted by Gasteiger charge is -2.22. The molecule has 1 aromatic heterocycles. The highest BCUT2D eigenvalue weighted by molar-refractivity contribution is 7.90. The Hall–Kier alpha value is -1.18. The Kier molecular flexibility index (Phi) is 4.38. The molecule has 1 aliphatic carbocycles. The predicted molar refractivity (Wildman–Crippen MR) is 81.4 cm³/mol. The van der Waals surface area contributed by atoms with E-state index >= 15 is 0 Å². The van der Waals surface area contributed by atoms with Crippen molar-refractivity contribution in [1.29, 1.82) is 0 Å². The van der Waals surface area contributed by atoms with Gasteiger partial charge < -0.3 is 4.74 Å². The van der Waals surface area contributed by atoms with Gasteiger partial charge in [-0.05, 0) is 37.8 Å². The van der Waals surface area contributed by atoms with Crippen molar-refractivity contribution >= 4 is 27.5 Å². The van der Waals surface area contributed by atoms with Crippen molar-refractivity contribution in [2.45, 2.75) is 36.9 Å². The zero-order valence-electron chi connectivity index (χ0n) is 11.9. The van der Waals surface area contributed by atoms with Gasteiger partial charge in [0.2, 0.25) is 10.0 Å². The number of sulfonamides is 1. The van der Waals surface area contributed by atoms with Gasteiger partial charge in [0.25, 0.3) is 5.91 Å². The highest BCUT2D eigenvalue weighted by Gasteiger charge is 2.31. The van der Waals surface area contributed by atoms with Crippen LogP contribution in [0.4, 0.5) is 0 Å². The first-order chi connectivity index (χ1) is 10.5. The van der Waals surface area contributed by atoms with Gasteiger partial charge in [0.15, 0.2) is 0 Å². The van der Waals surface area contributed by atoms with Crippen LogP contribution in [0.2, 0.25) is 5.15 Å². The number of carbonyl (C=O) groups is 1. The molecule has 0 bridgehead atoms. The summed E-state index contributed by atoms with van der Waals surface area (Å²) in [6, 6.07) is 3.01. The summed E-state index contributed by atoms with van der Waals surface area (Å²) in [5.41, 5.74) is 0.985. The average Bonchev–Trinajstić information content (AvgIpc) is 3.32. The first-order valence-electron chi connectivity index (χ1n) is 7.27. The van der Waals surface area contributed by atoms with E-state index < -0.39 is 21.2 Å². The number of pyridine rings is 1. The summed E-state index contributed by atoms with van der Waals surface area (Å²) >= 11 is 5.93. The van der Waals surface area contributed by atoms with Gasteiger partial charge in [-0.2, -0.15) is 0 Å².